The standard InChI is InChI=1S/C11H16N2O3S/c1-7(2)17(15,16)13-10-5-4-9(11(12)14)6-8(10)3/h4-7,13H,1-3H3,(H2,12,14). The second kappa shape index (κ2) is 4.75. The van der Waals surface area contributed by atoms with E-state index in [1.54, 1.807) is 26.8 Å². The first-order valence-electron chi connectivity index (χ1n) is 5.16. The minimum absolute atomic E-state index is 0.356. The Morgan fingerprint density at radius 3 is 2.35 bits per heavy atom. The fourth-order valence-corrected chi connectivity index (χ4v) is 1.97. The molecule has 6 heteroatoms. The predicted octanol–water partition coefficient (Wildman–Crippen LogP) is 1.24. The summed E-state index contributed by atoms with van der Waals surface area (Å²) in [5.41, 5.74) is 6.61. The zero-order valence-electron chi connectivity index (χ0n) is 10.0. The van der Waals surface area contributed by atoms with Crippen molar-refractivity contribution in [3.8, 4) is 0 Å². The van der Waals surface area contributed by atoms with Crippen LogP contribution >= 0.6 is 0 Å². The second-order valence-corrected chi connectivity index (χ2v) is 6.33. The molecule has 0 aromatic heterocycles. The normalized spacial score (nSPS) is 11.5. The van der Waals surface area contributed by atoms with Gasteiger partial charge in [-0.05, 0) is 44.5 Å². The van der Waals surface area contributed by atoms with Gasteiger partial charge in [0, 0.05) is 5.56 Å². The van der Waals surface area contributed by atoms with Crippen LogP contribution in [0, 0.1) is 6.92 Å². The molecule has 0 saturated carbocycles. The zero-order valence-corrected chi connectivity index (χ0v) is 10.8. The topological polar surface area (TPSA) is 89.3 Å². The van der Waals surface area contributed by atoms with E-state index in [2.05, 4.69) is 4.72 Å². The van der Waals surface area contributed by atoms with Crippen LogP contribution in [0.4, 0.5) is 5.69 Å². The molecule has 0 atom stereocenters. The van der Waals surface area contributed by atoms with Crippen molar-refractivity contribution in [3.63, 3.8) is 0 Å². The molecule has 0 fully saturated rings. The lowest BCUT2D eigenvalue weighted by atomic mass is 10.1. The maximum Gasteiger partial charge on any atom is 0.248 e. The Hall–Kier alpha value is -1.56. The van der Waals surface area contributed by atoms with Crippen LogP contribution in [-0.2, 0) is 10.0 Å². The first-order chi connectivity index (χ1) is 7.74. The highest BCUT2D eigenvalue weighted by Crippen LogP contribution is 2.18. The average molecular weight is 256 g/mol. The van der Waals surface area contributed by atoms with Crippen LogP contribution in [0.2, 0.25) is 0 Å². The predicted molar refractivity (Wildman–Crippen MR) is 67.4 cm³/mol. The number of nitrogens with one attached hydrogen (secondary N) is 1. The van der Waals surface area contributed by atoms with Crippen LogP contribution in [0.3, 0.4) is 0 Å². The van der Waals surface area contributed by atoms with Gasteiger partial charge in [-0.1, -0.05) is 0 Å². The van der Waals surface area contributed by atoms with Gasteiger partial charge in [0.05, 0.1) is 10.9 Å². The average Bonchev–Trinajstić information content (AvgIpc) is 2.20. The van der Waals surface area contributed by atoms with Gasteiger partial charge in [0.15, 0.2) is 0 Å². The van der Waals surface area contributed by atoms with Crippen LogP contribution in [-0.4, -0.2) is 19.6 Å². The molecule has 17 heavy (non-hydrogen) atoms. The third-order valence-corrected chi connectivity index (χ3v) is 4.13. The molecule has 0 aliphatic carbocycles. The van der Waals surface area contributed by atoms with Gasteiger partial charge in [-0.15, -0.1) is 0 Å². The van der Waals surface area contributed by atoms with Crippen molar-refractivity contribution >= 4 is 21.6 Å². The molecular formula is C11H16N2O3S. The fourth-order valence-electron chi connectivity index (χ4n) is 1.20. The summed E-state index contributed by atoms with van der Waals surface area (Å²) < 4.78 is 25.8. The molecule has 5 nitrogen and oxygen atoms in total. The molecule has 3 N–H and O–H groups in total. The summed E-state index contributed by atoms with van der Waals surface area (Å²) in [5.74, 6) is -0.536. The summed E-state index contributed by atoms with van der Waals surface area (Å²) in [6.07, 6.45) is 0. The summed E-state index contributed by atoms with van der Waals surface area (Å²) in [6.45, 7) is 4.90. The number of carbonyl (C=O) groups is 1. The molecule has 0 aliphatic heterocycles. The van der Waals surface area contributed by atoms with Crippen molar-refractivity contribution in [1.82, 2.24) is 0 Å². The highest BCUT2D eigenvalue weighted by molar-refractivity contribution is 7.93. The number of aryl methyl sites for hydroxylation is 1. The molecule has 0 heterocycles. The SMILES string of the molecule is Cc1cc(C(N)=O)ccc1NS(=O)(=O)C(C)C. The Balaban J connectivity index is 3.06. The minimum atomic E-state index is -3.37. The molecule has 0 bridgehead atoms. The second-order valence-electron chi connectivity index (χ2n) is 4.09. The lowest BCUT2D eigenvalue weighted by Crippen LogP contribution is -2.23. The van der Waals surface area contributed by atoms with E-state index < -0.39 is 21.2 Å². The van der Waals surface area contributed by atoms with Crippen molar-refractivity contribution < 1.29 is 13.2 Å². The van der Waals surface area contributed by atoms with E-state index in [4.69, 9.17) is 5.73 Å². The van der Waals surface area contributed by atoms with E-state index >= 15 is 0 Å². The van der Waals surface area contributed by atoms with Gasteiger partial charge in [0.1, 0.15) is 0 Å². The molecule has 1 rings (SSSR count). The molecule has 1 amide bonds. The van der Waals surface area contributed by atoms with Crippen molar-refractivity contribution in [2.45, 2.75) is 26.0 Å². The van der Waals surface area contributed by atoms with Crippen LogP contribution in [0.1, 0.15) is 29.8 Å². The monoisotopic (exact) mass is 256 g/mol. The summed E-state index contributed by atoms with van der Waals surface area (Å²) in [6, 6.07) is 4.59. The molecular weight excluding hydrogens is 240 g/mol. The number of hydrogen-bond acceptors (Lipinski definition) is 3. The van der Waals surface area contributed by atoms with Gasteiger partial charge in [-0.2, -0.15) is 0 Å². The first kappa shape index (κ1) is 13.5. The Morgan fingerprint density at radius 2 is 1.94 bits per heavy atom. The number of nitrogens with two attached hydrogens (primary N) is 1. The molecule has 94 valence electrons. The molecule has 0 radical (unpaired) electrons. The number of amides is 1. The number of anilines is 1. The molecule has 1 aromatic carbocycles. The number of sulfonamides is 1. The Bertz CT molecular complexity index is 536. The van der Waals surface area contributed by atoms with Crippen molar-refractivity contribution in [2.75, 3.05) is 4.72 Å². The van der Waals surface area contributed by atoms with Crippen molar-refractivity contribution in [2.24, 2.45) is 5.73 Å². The van der Waals surface area contributed by atoms with Crippen LogP contribution in [0.15, 0.2) is 18.2 Å². The molecule has 0 saturated heterocycles. The number of benzene rings is 1. The smallest absolute Gasteiger partial charge is 0.248 e. The van der Waals surface area contributed by atoms with Gasteiger partial charge >= 0.3 is 0 Å². The lowest BCUT2D eigenvalue weighted by molar-refractivity contribution is 0.1000. The van der Waals surface area contributed by atoms with E-state index in [1.165, 1.54) is 12.1 Å². The molecule has 0 unspecified atom stereocenters. The van der Waals surface area contributed by atoms with Crippen LogP contribution in [0.5, 0.6) is 0 Å². The van der Waals surface area contributed by atoms with Gasteiger partial charge < -0.3 is 5.73 Å². The van der Waals surface area contributed by atoms with Gasteiger partial charge in [-0.25, -0.2) is 8.42 Å². The largest absolute Gasteiger partial charge is 0.366 e. The van der Waals surface area contributed by atoms with E-state index in [0.29, 0.717) is 16.8 Å². The summed E-state index contributed by atoms with van der Waals surface area (Å²) >= 11 is 0. The van der Waals surface area contributed by atoms with E-state index in [9.17, 15) is 13.2 Å². The number of carbonyl (C=O) groups excluding carboxylic acids is 1. The number of primary amides is 1. The highest BCUT2D eigenvalue weighted by Gasteiger charge is 2.16. The van der Waals surface area contributed by atoms with Crippen LogP contribution in [0.25, 0.3) is 0 Å². The van der Waals surface area contributed by atoms with Crippen molar-refractivity contribution in [3.05, 3.63) is 29.3 Å². The fraction of sp³-hybridized carbons (Fsp3) is 0.364. The third kappa shape index (κ3) is 3.20. The molecule has 0 spiro atoms. The number of rotatable bonds is 4. The Morgan fingerprint density at radius 1 is 1.35 bits per heavy atom. The lowest BCUT2D eigenvalue weighted by Gasteiger charge is -2.13. The summed E-state index contributed by atoms with van der Waals surface area (Å²) in [4.78, 5) is 10.9. The Kier molecular flexibility index (Phi) is 3.77. The third-order valence-electron chi connectivity index (χ3n) is 2.38. The molecule has 1 aromatic rings. The summed E-state index contributed by atoms with van der Waals surface area (Å²) in [5, 5.41) is -0.516. The van der Waals surface area contributed by atoms with Gasteiger partial charge in [0.2, 0.25) is 15.9 Å². The van der Waals surface area contributed by atoms with E-state index in [1.807, 2.05) is 0 Å². The van der Waals surface area contributed by atoms with E-state index in [0.717, 1.165) is 0 Å². The molecule has 0 aliphatic rings. The zero-order chi connectivity index (χ0) is 13.2. The maximum atomic E-state index is 11.7. The maximum absolute atomic E-state index is 11.7. The van der Waals surface area contributed by atoms with Gasteiger partial charge in [0.25, 0.3) is 0 Å². The van der Waals surface area contributed by atoms with Crippen LogP contribution < -0.4 is 10.5 Å². The van der Waals surface area contributed by atoms with Crippen molar-refractivity contribution in [1.29, 1.82) is 0 Å². The Labute approximate surface area is 101 Å². The van der Waals surface area contributed by atoms with Gasteiger partial charge in [-0.3, -0.25) is 9.52 Å². The quantitative estimate of drug-likeness (QED) is 0.849. The first-order valence-corrected chi connectivity index (χ1v) is 6.71. The number of hydrogen-bond donors (Lipinski definition) is 2. The minimum Gasteiger partial charge on any atom is -0.366 e. The highest BCUT2D eigenvalue weighted by atomic mass is 32.2. The summed E-state index contributed by atoms with van der Waals surface area (Å²) in [7, 11) is -3.37. The van der Waals surface area contributed by atoms with E-state index in [-0.39, 0.29) is 0 Å².